The third kappa shape index (κ3) is 1.86. The van der Waals surface area contributed by atoms with Crippen LogP contribution in [0.3, 0.4) is 0 Å². The number of rotatable bonds is 2. The zero-order valence-corrected chi connectivity index (χ0v) is 13.7. The molecule has 0 aliphatic rings. The van der Waals surface area contributed by atoms with Crippen LogP contribution in [-0.2, 0) is 13.1 Å². The fraction of sp³-hybridized carbons (Fsp3) is 0.353. The smallest absolute Gasteiger partial charge is 0.325 e. The topological polar surface area (TPSA) is 72.2 Å². The van der Waals surface area contributed by atoms with Crippen LogP contribution in [0.5, 0.6) is 0 Å². The highest BCUT2D eigenvalue weighted by Crippen LogP contribution is 2.24. The largest absolute Gasteiger partial charge is 0.337 e. The van der Waals surface area contributed by atoms with Gasteiger partial charge in [0.1, 0.15) is 11.7 Å². The highest BCUT2D eigenvalue weighted by molar-refractivity contribution is 5.84. The maximum Gasteiger partial charge on any atom is 0.337 e. The van der Waals surface area contributed by atoms with Gasteiger partial charge in [0.05, 0.1) is 11.0 Å². The molecular formula is C17H18N4O2. The lowest BCUT2D eigenvalue weighted by Crippen LogP contribution is -2.38. The summed E-state index contributed by atoms with van der Waals surface area (Å²) in [7, 11) is 0. The van der Waals surface area contributed by atoms with Crippen LogP contribution in [0, 0.1) is 25.2 Å². The molecule has 0 radical (unpaired) electrons. The molecule has 0 amide bonds. The molecule has 6 heteroatoms. The molecule has 0 aliphatic heterocycles. The average Bonchev–Trinajstić information content (AvgIpc) is 2.82. The van der Waals surface area contributed by atoms with E-state index >= 15 is 0 Å². The monoisotopic (exact) mass is 310 g/mol. The SMILES string of the molecule is CCn1c(=O)c(C#N)c2n(CC)c3cc(C)c(C)cc3n2c1=O. The van der Waals surface area contributed by atoms with E-state index in [9.17, 15) is 14.9 Å². The van der Waals surface area contributed by atoms with E-state index < -0.39 is 11.2 Å². The number of nitriles is 1. The van der Waals surface area contributed by atoms with E-state index in [2.05, 4.69) is 0 Å². The molecule has 3 aromatic rings. The molecule has 0 aliphatic carbocycles. The number of aryl methyl sites for hydroxylation is 3. The third-order valence-corrected chi connectivity index (χ3v) is 4.44. The number of aromatic nitrogens is 3. The fourth-order valence-electron chi connectivity index (χ4n) is 3.11. The van der Waals surface area contributed by atoms with E-state index in [1.165, 1.54) is 4.40 Å². The zero-order chi connectivity index (χ0) is 16.9. The van der Waals surface area contributed by atoms with Crippen LogP contribution >= 0.6 is 0 Å². The van der Waals surface area contributed by atoms with E-state index in [1.807, 2.05) is 43.5 Å². The van der Waals surface area contributed by atoms with Crippen molar-refractivity contribution in [2.45, 2.75) is 40.8 Å². The van der Waals surface area contributed by atoms with Crippen LogP contribution < -0.4 is 11.2 Å². The Labute approximate surface area is 132 Å². The average molecular weight is 310 g/mol. The van der Waals surface area contributed by atoms with Crippen molar-refractivity contribution in [2.75, 3.05) is 0 Å². The first-order valence-corrected chi connectivity index (χ1v) is 7.65. The van der Waals surface area contributed by atoms with Gasteiger partial charge in [0.25, 0.3) is 5.56 Å². The van der Waals surface area contributed by atoms with E-state index in [4.69, 9.17) is 0 Å². The molecule has 3 rings (SSSR count). The van der Waals surface area contributed by atoms with Gasteiger partial charge >= 0.3 is 5.69 Å². The predicted octanol–water partition coefficient (Wildman–Crippen LogP) is 1.94. The van der Waals surface area contributed by atoms with E-state index in [0.717, 1.165) is 26.7 Å². The Morgan fingerprint density at radius 3 is 2.09 bits per heavy atom. The van der Waals surface area contributed by atoms with Gasteiger partial charge in [-0.15, -0.1) is 0 Å². The predicted molar refractivity (Wildman–Crippen MR) is 89.0 cm³/mol. The molecule has 118 valence electrons. The molecule has 1 aromatic carbocycles. The summed E-state index contributed by atoms with van der Waals surface area (Å²) in [6.45, 7) is 8.45. The number of imidazole rings is 1. The Morgan fingerprint density at radius 2 is 1.57 bits per heavy atom. The van der Waals surface area contributed by atoms with Crippen LogP contribution in [0.15, 0.2) is 21.7 Å². The zero-order valence-electron chi connectivity index (χ0n) is 13.7. The Balaban J connectivity index is 2.78. The minimum atomic E-state index is -0.522. The van der Waals surface area contributed by atoms with Crippen molar-refractivity contribution >= 4 is 16.7 Å². The van der Waals surface area contributed by atoms with Crippen molar-refractivity contribution in [3.63, 3.8) is 0 Å². The van der Waals surface area contributed by atoms with E-state index in [1.54, 1.807) is 6.92 Å². The molecule has 0 atom stereocenters. The van der Waals surface area contributed by atoms with Crippen molar-refractivity contribution in [1.82, 2.24) is 13.5 Å². The Hall–Kier alpha value is -2.81. The number of hydrogen-bond donors (Lipinski definition) is 0. The molecular weight excluding hydrogens is 292 g/mol. The molecule has 0 N–H and O–H groups in total. The molecule has 0 unspecified atom stereocenters. The van der Waals surface area contributed by atoms with Crippen molar-refractivity contribution in [3.05, 3.63) is 49.7 Å². The van der Waals surface area contributed by atoms with Gasteiger partial charge in [0.2, 0.25) is 0 Å². The van der Waals surface area contributed by atoms with Crippen LogP contribution in [0.2, 0.25) is 0 Å². The summed E-state index contributed by atoms with van der Waals surface area (Å²) in [5, 5.41) is 9.49. The van der Waals surface area contributed by atoms with Crippen molar-refractivity contribution in [3.8, 4) is 6.07 Å². The maximum atomic E-state index is 12.8. The molecule has 6 nitrogen and oxygen atoms in total. The van der Waals surface area contributed by atoms with Gasteiger partial charge in [-0.1, -0.05) is 0 Å². The molecule has 0 spiro atoms. The lowest BCUT2D eigenvalue weighted by molar-refractivity contribution is 0.659. The minimum absolute atomic E-state index is 0.0137. The normalized spacial score (nSPS) is 11.3. The lowest BCUT2D eigenvalue weighted by atomic mass is 10.1. The van der Waals surface area contributed by atoms with Gasteiger partial charge in [0.15, 0.2) is 5.56 Å². The first kappa shape index (κ1) is 15.1. The molecule has 0 saturated carbocycles. The number of hydrogen-bond acceptors (Lipinski definition) is 3. The maximum absolute atomic E-state index is 12.8. The van der Waals surface area contributed by atoms with Crippen LogP contribution in [0.1, 0.15) is 30.5 Å². The summed E-state index contributed by atoms with van der Waals surface area (Å²) < 4.78 is 4.47. The van der Waals surface area contributed by atoms with E-state index in [-0.39, 0.29) is 12.1 Å². The number of benzene rings is 1. The fourth-order valence-corrected chi connectivity index (χ4v) is 3.11. The van der Waals surface area contributed by atoms with Gasteiger partial charge in [-0.25, -0.2) is 9.20 Å². The Kier molecular flexibility index (Phi) is 3.37. The summed E-state index contributed by atoms with van der Waals surface area (Å²) in [5.41, 5.74) is 3.23. The first-order chi connectivity index (χ1) is 11.0. The van der Waals surface area contributed by atoms with Crippen LogP contribution in [0.4, 0.5) is 0 Å². The molecule has 0 fully saturated rings. The van der Waals surface area contributed by atoms with Crippen molar-refractivity contribution in [2.24, 2.45) is 0 Å². The molecule has 0 bridgehead atoms. The van der Waals surface area contributed by atoms with Crippen molar-refractivity contribution in [1.29, 1.82) is 5.26 Å². The Morgan fingerprint density at radius 1 is 1.00 bits per heavy atom. The second kappa shape index (κ2) is 5.13. The minimum Gasteiger partial charge on any atom is -0.325 e. The summed E-state index contributed by atoms with van der Waals surface area (Å²) >= 11 is 0. The van der Waals surface area contributed by atoms with Gasteiger partial charge < -0.3 is 4.57 Å². The second-order valence-electron chi connectivity index (χ2n) is 5.65. The van der Waals surface area contributed by atoms with E-state index in [0.29, 0.717) is 12.2 Å². The van der Waals surface area contributed by atoms with Gasteiger partial charge in [0, 0.05) is 13.1 Å². The first-order valence-electron chi connectivity index (χ1n) is 7.65. The molecule has 23 heavy (non-hydrogen) atoms. The highest BCUT2D eigenvalue weighted by atomic mass is 16.2. The second-order valence-corrected chi connectivity index (χ2v) is 5.65. The molecule has 2 heterocycles. The summed E-state index contributed by atoms with van der Waals surface area (Å²) in [6, 6.07) is 5.94. The van der Waals surface area contributed by atoms with Crippen LogP contribution in [-0.4, -0.2) is 13.5 Å². The lowest BCUT2D eigenvalue weighted by Gasteiger charge is -2.06. The standard InChI is InChI=1S/C17H18N4O2/c1-5-19-13-7-10(3)11(4)8-14(13)21-15(19)12(9-18)16(22)20(6-2)17(21)23/h7-8H,5-6H2,1-4H3. The molecule has 0 saturated heterocycles. The Bertz CT molecular complexity index is 1110. The highest BCUT2D eigenvalue weighted by Gasteiger charge is 2.21. The van der Waals surface area contributed by atoms with Gasteiger partial charge in [-0.2, -0.15) is 5.26 Å². The number of nitrogens with zero attached hydrogens (tertiary/aromatic N) is 4. The van der Waals surface area contributed by atoms with Crippen molar-refractivity contribution < 1.29 is 0 Å². The van der Waals surface area contributed by atoms with Gasteiger partial charge in [-0.05, 0) is 51.0 Å². The van der Waals surface area contributed by atoms with Gasteiger partial charge in [-0.3, -0.25) is 9.36 Å². The quantitative estimate of drug-likeness (QED) is 0.726. The van der Waals surface area contributed by atoms with Crippen LogP contribution in [0.25, 0.3) is 16.7 Å². The number of fused-ring (bicyclic) bond motifs is 3. The summed E-state index contributed by atoms with van der Waals surface area (Å²) in [6.07, 6.45) is 0. The third-order valence-electron chi connectivity index (χ3n) is 4.44. The molecule has 2 aromatic heterocycles. The summed E-state index contributed by atoms with van der Waals surface area (Å²) in [4.78, 5) is 25.2. The summed E-state index contributed by atoms with van der Waals surface area (Å²) in [5.74, 6) is 0.